The first kappa shape index (κ1) is 21.6. The fraction of sp³-hybridized carbons (Fsp3) is 0.526. The number of hydrogen-bond acceptors (Lipinski definition) is 5. The van der Waals surface area contributed by atoms with E-state index in [0.717, 1.165) is 25.7 Å². The van der Waals surface area contributed by atoms with E-state index in [1.54, 1.807) is 18.2 Å². The van der Waals surface area contributed by atoms with Crippen LogP contribution < -0.4 is 10.6 Å². The number of esters is 1. The first-order valence-electron chi connectivity index (χ1n) is 9.04. The molecule has 0 unspecified atom stereocenters. The van der Waals surface area contributed by atoms with Crippen molar-refractivity contribution in [1.82, 2.24) is 5.32 Å². The molecule has 27 heavy (non-hydrogen) atoms. The van der Waals surface area contributed by atoms with Crippen molar-refractivity contribution in [2.24, 2.45) is 0 Å². The van der Waals surface area contributed by atoms with Gasteiger partial charge >= 0.3 is 5.97 Å². The maximum atomic E-state index is 12.5. The van der Waals surface area contributed by atoms with Crippen molar-refractivity contribution < 1.29 is 19.1 Å². The lowest BCUT2D eigenvalue weighted by Crippen LogP contribution is -2.36. The van der Waals surface area contributed by atoms with Crippen LogP contribution in [0, 0.1) is 0 Å². The molecule has 0 aliphatic heterocycles. The molecule has 0 aromatic heterocycles. The molecule has 1 aromatic carbocycles. The topological polar surface area (TPSA) is 84.5 Å². The van der Waals surface area contributed by atoms with Gasteiger partial charge in [0.1, 0.15) is 0 Å². The molecule has 1 aromatic rings. The van der Waals surface area contributed by atoms with Gasteiger partial charge in [-0.25, -0.2) is 0 Å². The molecule has 8 heteroatoms. The molecule has 1 fully saturated rings. The van der Waals surface area contributed by atoms with Crippen molar-refractivity contribution in [3.63, 3.8) is 0 Å². The number of anilines is 1. The highest BCUT2D eigenvalue weighted by molar-refractivity contribution is 7.99. The molecule has 1 aliphatic rings. The van der Waals surface area contributed by atoms with Crippen LogP contribution in [0.15, 0.2) is 18.2 Å². The Kier molecular flexibility index (Phi) is 8.94. The average molecular weight is 413 g/mol. The number of halogens is 1. The Hall–Kier alpha value is -1.73. The summed E-state index contributed by atoms with van der Waals surface area (Å²) in [5.41, 5.74) is 0.885. The summed E-state index contributed by atoms with van der Waals surface area (Å²) in [6.45, 7) is 0. The molecule has 0 heterocycles. The van der Waals surface area contributed by atoms with E-state index < -0.39 is 0 Å². The number of benzene rings is 1. The van der Waals surface area contributed by atoms with Gasteiger partial charge in [0, 0.05) is 23.9 Å². The van der Waals surface area contributed by atoms with Crippen LogP contribution in [0.3, 0.4) is 0 Å². The fourth-order valence-corrected chi connectivity index (χ4v) is 3.85. The highest BCUT2D eigenvalue weighted by Crippen LogP contribution is 2.23. The summed E-state index contributed by atoms with van der Waals surface area (Å²) >= 11 is 7.50. The smallest absolute Gasteiger partial charge is 0.315 e. The van der Waals surface area contributed by atoms with E-state index in [1.807, 2.05) is 0 Å². The molecule has 1 saturated carbocycles. The third-order valence-corrected chi connectivity index (χ3v) is 5.62. The van der Waals surface area contributed by atoms with Crippen molar-refractivity contribution >= 4 is 46.8 Å². The Morgan fingerprint density at radius 1 is 1.22 bits per heavy atom. The minimum absolute atomic E-state index is 0.187. The van der Waals surface area contributed by atoms with Gasteiger partial charge in [0.15, 0.2) is 0 Å². The maximum Gasteiger partial charge on any atom is 0.315 e. The molecule has 2 rings (SSSR count). The monoisotopic (exact) mass is 412 g/mol. The highest BCUT2D eigenvalue weighted by Gasteiger charge is 2.19. The lowest BCUT2D eigenvalue weighted by atomic mass is 9.95. The number of hydrogen-bond donors (Lipinski definition) is 2. The number of carbonyl (C=O) groups excluding carboxylic acids is 3. The number of nitrogens with one attached hydrogen (secondary N) is 2. The Labute approximate surface area is 168 Å². The number of carbonyl (C=O) groups is 3. The second-order valence-electron chi connectivity index (χ2n) is 6.43. The fourth-order valence-electron chi connectivity index (χ4n) is 2.89. The van der Waals surface area contributed by atoms with Crippen molar-refractivity contribution in [2.75, 3.05) is 23.9 Å². The first-order valence-corrected chi connectivity index (χ1v) is 10.6. The van der Waals surface area contributed by atoms with E-state index in [1.165, 1.54) is 25.3 Å². The summed E-state index contributed by atoms with van der Waals surface area (Å²) in [6.07, 6.45) is 5.71. The van der Waals surface area contributed by atoms with Crippen LogP contribution in [0.4, 0.5) is 5.69 Å². The zero-order valence-corrected chi connectivity index (χ0v) is 17.0. The van der Waals surface area contributed by atoms with Gasteiger partial charge in [-0.1, -0.05) is 30.9 Å². The summed E-state index contributed by atoms with van der Waals surface area (Å²) in [4.78, 5) is 35.6. The van der Waals surface area contributed by atoms with Gasteiger partial charge in [-0.2, -0.15) is 0 Å². The number of methoxy groups -OCH3 is 1. The van der Waals surface area contributed by atoms with Gasteiger partial charge in [0.25, 0.3) is 5.91 Å². The second-order valence-corrected chi connectivity index (χ2v) is 7.94. The zero-order valence-electron chi connectivity index (χ0n) is 15.4. The molecular weight excluding hydrogens is 388 g/mol. The molecule has 148 valence electrons. The van der Waals surface area contributed by atoms with Crippen LogP contribution in [-0.4, -0.2) is 42.4 Å². The van der Waals surface area contributed by atoms with E-state index in [0.29, 0.717) is 22.0 Å². The normalized spacial score (nSPS) is 14.4. The molecule has 2 amide bonds. The molecule has 0 atom stereocenters. The first-order chi connectivity index (χ1) is 13.0. The molecule has 6 nitrogen and oxygen atoms in total. The number of thioether (sulfide) groups is 1. The van der Waals surface area contributed by atoms with E-state index in [4.69, 9.17) is 11.6 Å². The average Bonchev–Trinajstić information content (AvgIpc) is 2.67. The molecule has 1 aliphatic carbocycles. The van der Waals surface area contributed by atoms with Gasteiger partial charge in [0.05, 0.1) is 23.4 Å². The lowest BCUT2D eigenvalue weighted by molar-refractivity contribution is -0.137. The third-order valence-electron chi connectivity index (χ3n) is 4.36. The summed E-state index contributed by atoms with van der Waals surface area (Å²) in [6, 6.07) is 5.06. The van der Waals surface area contributed by atoms with Gasteiger partial charge < -0.3 is 15.4 Å². The largest absolute Gasteiger partial charge is 0.468 e. The van der Waals surface area contributed by atoms with E-state index >= 15 is 0 Å². The van der Waals surface area contributed by atoms with Crippen LogP contribution in [0.2, 0.25) is 5.02 Å². The molecule has 0 saturated heterocycles. The van der Waals surface area contributed by atoms with Crippen LogP contribution in [0.5, 0.6) is 0 Å². The summed E-state index contributed by atoms with van der Waals surface area (Å²) in [5.74, 6) is 0.0106. The number of ether oxygens (including phenoxy) is 1. The predicted octanol–water partition coefficient (Wildman–Crippen LogP) is 3.64. The van der Waals surface area contributed by atoms with Crippen molar-refractivity contribution in [3.8, 4) is 0 Å². The van der Waals surface area contributed by atoms with E-state index in [-0.39, 0.29) is 36.0 Å². The highest BCUT2D eigenvalue weighted by atomic mass is 35.5. The Bertz CT molecular complexity index is 678. The predicted molar refractivity (Wildman–Crippen MR) is 108 cm³/mol. The van der Waals surface area contributed by atoms with Gasteiger partial charge in [-0.15, -0.1) is 11.8 Å². The number of rotatable bonds is 8. The van der Waals surface area contributed by atoms with Crippen LogP contribution in [0.1, 0.15) is 48.9 Å². The van der Waals surface area contributed by atoms with Gasteiger partial charge in [-0.05, 0) is 31.0 Å². The maximum absolute atomic E-state index is 12.5. The third kappa shape index (κ3) is 7.42. The lowest BCUT2D eigenvalue weighted by Gasteiger charge is -2.23. The standard InChI is InChI=1S/C19H25ClN2O4S/c1-26-18(24)12-27-10-9-17(23)21-14-7-8-16(20)15(11-14)19(25)22-13-5-3-2-4-6-13/h7-8,11,13H,2-6,9-10,12H2,1H3,(H,21,23)(H,22,25). The van der Waals surface area contributed by atoms with E-state index in [9.17, 15) is 14.4 Å². The molecule has 0 spiro atoms. The zero-order chi connectivity index (χ0) is 19.6. The second kappa shape index (κ2) is 11.2. The number of amides is 2. The van der Waals surface area contributed by atoms with Crippen LogP contribution in [0.25, 0.3) is 0 Å². The van der Waals surface area contributed by atoms with Crippen LogP contribution >= 0.6 is 23.4 Å². The molecule has 0 radical (unpaired) electrons. The minimum Gasteiger partial charge on any atom is -0.468 e. The quantitative estimate of drug-likeness (QED) is 0.503. The Morgan fingerprint density at radius 2 is 1.96 bits per heavy atom. The van der Waals surface area contributed by atoms with Crippen LogP contribution in [-0.2, 0) is 14.3 Å². The summed E-state index contributed by atoms with van der Waals surface area (Å²) < 4.78 is 4.54. The van der Waals surface area contributed by atoms with E-state index in [2.05, 4.69) is 15.4 Å². The SMILES string of the molecule is COC(=O)CSCCC(=O)Nc1ccc(Cl)c(C(=O)NC2CCCCC2)c1. The van der Waals surface area contributed by atoms with Crippen molar-refractivity contribution in [1.29, 1.82) is 0 Å². The van der Waals surface area contributed by atoms with Gasteiger partial charge in [-0.3, -0.25) is 14.4 Å². The van der Waals surface area contributed by atoms with Gasteiger partial charge in [0.2, 0.25) is 5.91 Å². The minimum atomic E-state index is -0.313. The summed E-state index contributed by atoms with van der Waals surface area (Å²) in [5, 5.41) is 6.15. The van der Waals surface area contributed by atoms with Crippen molar-refractivity contribution in [2.45, 2.75) is 44.6 Å². The summed E-state index contributed by atoms with van der Waals surface area (Å²) in [7, 11) is 1.33. The molecular formula is C19H25ClN2O4S. The Balaban J connectivity index is 1.86. The Morgan fingerprint density at radius 3 is 2.67 bits per heavy atom. The van der Waals surface area contributed by atoms with Crippen molar-refractivity contribution in [3.05, 3.63) is 28.8 Å². The molecule has 0 bridgehead atoms. The molecule has 2 N–H and O–H groups in total.